The zero-order valence-corrected chi connectivity index (χ0v) is 14.5. The summed E-state index contributed by atoms with van der Waals surface area (Å²) < 4.78 is 62.1. The average molecular weight is 379 g/mol. The zero-order chi connectivity index (χ0) is 19.1. The van der Waals surface area contributed by atoms with E-state index in [2.05, 4.69) is 16.6 Å². The summed E-state index contributed by atoms with van der Waals surface area (Å²) >= 11 is 1.54. The lowest BCUT2D eigenvalue weighted by molar-refractivity contribution is -0.278. The number of hydrogen-bond donors (Lipinski definition) is 1. The van der Waals surface area contributed by atoms with E-state index in [-0.39, 0.29) is 5.70 Å². The Kier molecular flexibility index (Phi) is 7.60. The maximum absolute atomic E-state index is 12.9. The first-order chi connectivity index (χ1) is 11.6. The molecule has 0 saturated heterocycles. The van der Waals surface area contributed by atoms with Crippen LogP contribution >= 0.6 is 11.8 Å². The van der Waals surface area contributed by atoms with E-state index in [4.69, 9.17) is 0 Å². The van der Waals surface area contributed by atoms with Crippen LogP contribution in [0.15, 0.2) is 52.8 Å². The Balaban J connectivity index is 2.93. The lowest BCUT2D eigenvalue weighted by Crippen LogP contribution is -2.44. The van der Waals surface area contributed by atoms with Gasteiger partial charge in [-0.25, -0.2) is 0 Å². The fourth-order valence-corrected chi connectivity index (χ4v) is 2.41. The number of thioether (sulfide) groups is 1. The van der Waals surface area contributed by atoms with Crippen LogP contribution in [0.2, 0.25) is 0 Å². The minimum atomic E-state index is -5.60. The average Bonchev–Trinajstić information content (AvgIpc) is 2.54. The molecule has 1 aromatic rings. The first-order valence-electron chi connectivity index (χ1n) is 7.26. The Hall–Kier alpha value is -1.90. The molecule has 0 radical (unpaired) electrons. The van der Waals surface area contributed by atoms with Gasteiger partial charge in [0.2, 0.25) is 0 Å². The monoisotopic (exact) mass is 379 g/mol. The third-order valence-corrected chi connectivity index (χ3v) is 3.84. The Bertz CT molecular complexity index is 653. The van der Waals surface area contributed by atoms with Gasteiger partial charge in [-0.2, -0.15) is 22.0 Å². The molecule has 0 amide bonds. The molecule has 0 bridgehead atoms. The Morgan fingerprint density at radius 3 is 2.60 bits per heavy atom. The number of hydrogen-bond acceptors (Lipinski definition) is 4. The van der Waals surface area contributed by atoms with Crippen LogP contribution in [0.25, 0.3) is 0 Å². The van der Waals surface area contributed by atoms with Gasteiger partial charge in [0.1, 0.15) is 5.69 Å². The maximum atomic E-state index is 12.9. The molecule has 1 heterocycles. The van der Waals surface area contributed by atoms with Crippen LogP contribution in [-0.4, -0.2) is 35.1 Å². The molecule has 1 aromatic heterocycles. The van der Waals surface area contributed by atoms with Crippen molar-refractivity contribution in [3.8, 4) is 0 Å². The molecule has 3 nitrogen and oxygen atoms in total. The summed E-state index contributed by atoms with van der Waals surface area (Å²) in [6, 6.07) is 3.62. The first-order valence-corrected chi connectivity index (χ1v) is 8.24. The summed E-state index contributed by atoms with van der Waals surface area (Å²) in [5, 5.41) is 2.02. The molecule has 0 spiro atoms. The van der Waals surface area contributed by atoms with Crippen molar-refractivity contribution in [3.63, 3.8) is 0 Å². The highest BCUT2D eigenvalue weighted by Gasteiger charge is 2.57. The van der Waals surface area contributed by atoms with Gasteiger partial charge < -0.3 is 5.32 Å². The molecule has 25 heavy (non-hydrogen) atoms. The van der Waals surface area contributed by atoms with Crippen molar-refractivity contribution in [1.29, 1.82) is 0 Å². The highest BCUT2D eigenvalue weighted by atomic mass is 32.2. The van der Waals surface area contributed by atoms with E-state index in [0.29, 0.717) is 11.4 Å². The molecule has 0 aromatic carbocycles. The summed E-state index contributed by atoms with van der Waals surface area (Å²) in [5.74, 6) is -4.01. The van der Waals surface area contributed by atoms with Crippen molar-refractivity contribution in [2.24, 2.45) is 4.99 Å². The van der Waals surface area contributed by atoms with Crippen LogP contribution in [0, 0.1) is 0 Å². The van der Waals surface area contributed by atoms with Crippen LogP contribution in [0.4, 0.5) is 22.0 Å². The van der Waals surface area contributed by atoms with Gasteiger partial charge in [0, 0.05) is 23.0 Å². The molecule has 1 rings (SSSR count). The van der Waals surface area contributed by atoms with Gasteiger partial charge >= 0.3 is 12.1 Å². The summed E-state index contributed by atoms with van der Waals surface area (Å²) in [7, 11) is 0. The molecule has 138 valence electrons. The number of nitrogens with zero attached hydrogens (tertiary/aromatic N) is 2. The fraction of sp³-hybridized carbons (Fsp3) is 0.375. The van der Waals surface area contributed by atoms with Crippen molar-refractivity contribution in [2.75, 3.05) is 12.3 Å². The molecule has 0 fully saturated rings. The minimum Gasteiger partial charge on any atom is -0.381 e. The Morgan fingerprint density at radius 1 is 1.36 bits per heavy atom. The molecule has 0 unspecified atom stereocenters. The van der Waals surface area contributed by atoms with Crippen LogP contribution in [0.1, 0.15) is 19.5 Å². The molecular formula is C16H18F5N3S. The summed E-state index contributed by atoms with van der Waals surface area (Å²) in [6.45, 7) is 5.40. The number of rotatable bonds is 8. The van der Waals surface area contributed by atoms with E-state index in [0.717, 1.165) is 10.6 Å². The quantitative estimate of drug-likeness (QED) is 0.400. The Labute approximate surface area is 147 Å². The van der Waals surface area contributed by atoms with E-state index in [1.54, 1.807) is 24.0 Å². The van der Waals surface area contributed by atoms with E-state index in [9.17, 15) is 22.0 Å². The second-order valence-corrected chi connectivity index (χ2v) is 6.18. The highest BCUT2D eigenvalue weighted by Crippen LogP contribution is 2.34. The molecule has 1 N–H and O–H groups in total. The number of aromatic nitrogens is 1. The summed E-state index contributed by atoms with van der Waals surface area (Å²) in [6.07, 6.45) is -1.42. The summed E-state index contributed by atoms with van der Waals surface area (Å²) in [4.78, 5) is 9.18. The number of pyridine rings is 1. The Morgan fingerprint density at radius 2 is 2.04 bits per heavy atom. The molecule has 0 aliphatic heterocycles. The predicted molar refractivity (Wildman–Crippen MR) is 90.1 cm³/mol. The lowest BCUT2D eigenvalue weighted by Gasteiger charge is -2.20. The third kappa shape index (κ3) is 6.15. The van der Waals surface area contributed by atoms with Gasteiger partial charge in [0.25, 0.3) is 0 Å². The second kappa shape index (κ2) is 8.98. The summed E-state index contributed by atoms with van der Waals surface area (Å²) in [5.41, 5.74) is 1.01. The molecule has 0 atom stereocenters. The number of nitrogens with one attached hydrogen (secondary N) is 1. The van der Waals surface area contributed by atoms with Crippen LogP contribution < -0.4 is 5.32 Å². The molecule has 0 aliphatic rings. The van der Waals surface area contributed by atoms with Crippen molar-refractivity contribution < 1.29 is 22.0 Å². The van der Waals surface area contributed by atoms with Crippen LogP contribution in [0.3, 0.4) is 0 Å². The van der Waals surface area contributed by atoms with Crippen LogP contribution in [0.5, 0.6) is 0 Å². The van der Waals surface area contributed by atoms with Gasteiger partial charge in [-0.3, -0.25) is 9.98 Å². The van der Waals surface area contributed by atoms with Gasteiger partial charge in [0.05, 0.1) is 12.3 Å². The van der Waals surface area contributed by atoms with Gasteiger partial charge in [-0.05, 0) is 30.9 Å². The number of alkyl halides is 5. The van der Waals surface area contributed by atoms with Crippen LogP contribution in [-0.2, 0) is 0 Å². The molecule has 0 saturated carbocycles. The zero-order valence-electron chi connectivity index (χ0n) is 13.7. The predicted octanol–water partition coefficient (Wildman–Crippen LogP) is 4.82. The second-order valence-electron chi connectivity index (χ2n) is 4.87. The smallest absolute Gasteiger partial charge is 0.381 e. The van der Waals surface area contributed by atoms with Gasteiger partial charge in [0.15, 0.2) is 0 Å². The van der Waals surface area contributed by atoms with E-state index in [1.165, 1.54) is 19.2 Å². The van der Waals surface area contributed by atoms with E-state index >= 15 is 0 Å². The topological polar surface area (TPSA) is 37.3 Å². The molecule has 9 heteroatoms. The SMILES string of the molecule is C=C/C(=N\C=C(/C)NCC(F)(F)C(F)(F)F)c1ncccc1SCC. The molecular weight excluding hydrogens is 361 g/mol. The fourth-order valence-electron chi connectivity index (χ4n) is 1.63. The number of allylic oxidation sites excluding steroid dienone is 2. The minimum absolute atomic E-state index is 0.0592. The van der Waals surface area contributed by atoms with Crippen molar-refractivity contribution in [3.05, 3.63) is 48.6 Å². The van der Waals surface area contributed by atoms with E-state index < -0.39 is 18.6 Å². The van der Waals surface area contributed by atoms with Crippen molar-refractivity contribution >= 4 is 17.5 Å². The highest BCUT2D eigenvalue weighted by molar-refractivity contribution is 7.99. The van der Waals surface area contributed by atoms with Gasteiger partial charge in [-0.1, -0.05) is 13.5 Å². The first kappa shape index (κ1) is 21.1. The lowest BCUT2D eigenvalue weighted by atomic mass is 10.2. The number of aliphatic imine (C=N–C) groups is 1. The largest absolute Gasteiger partial charge is 0.455 e. The third-order valence-electron chi connectivity index (χ3n) is 2.91. The van der Waals surface area contributed by atoms with Crippen molar-refractivity contribution in [1.82, 2.24) is 10.3 Å². The number of halogens is 5. The van der Waals surface area contributed by atoms with E-state index in [1.807, 2.05) is 18.3 Å². The normalized spacial score (nSPS) is 13.7. The van der Waals surface area contributed by atoms with Crippen molar-refractivity contribution in [2.45, 2.75) is 30.8 Å². The van der Waals surface area contributed by atoms with Gasteiger partial charge in [-0.15, -0.1) is 11.8 Å². The standard InChI is InChI=1S/C16H18F5N3S/c1-4-12(14-13(25-5-2)7-6-8-22-14)23-9-11(3)24-10-15(17,18)16(19,20)21/h4,6-9,24H,1,5,10H2,2-3H3/b11-9+,23-12+. The molecule has 0 aliphatic carbocycles. The maximum Gasteiger partial charge on any atom is 0.455 e.